The van der Waals surface area contributed by atoms with E-state index in [2.05, 4.69) is 6.58 Å². The summed E-state index contributed by atoms with van der Waals surface area (Å²) in [6, 6.07) is 0. The maximum atomic E-state index is 12.0. The highest BCUT2D eigenvalue weighted by molar-refractivity contribution is 5.99. The van der Waals surface area contributed by atoms with E-state index in [1.165, 1.54) is 11.1 Å². The van der Waals surface area contributed by atoms with E-state index in [1.807, 2.05) is 6.92 Å². The molecule has 17 heavy (non-hydrogen) atoms. The van der Waals surface area contributed by atoms with Crippen molar-refractivity contribution < 1.29 is 14.3 Å². The third kappa shape index (κ3) is 3.32. The fourth-order valence-electron chi connectivity index (χ4n) is 1.92. The SMILES string of the molecule is C=CN1CCC(C)C(C(=O)OC(C)(C)C)C1=O. The van der Waals surface area contributed by atoms with E-state index in [-0.39, 0.29) is 11.8 Å². The second kappa shape index (κ2) is 4.90. The van der Waals surface area contributed by atoms with Crippen molar-refractivity contribution in [2.75, 3.05) is 6.54 Å². The summed E-state index contributed by atoms with van der Waals surface area (Å²) in [4.78, 5) is 25.5. The van der Waals surface area contributed by atoms with Crippen molar-refractivity contribution in [1.29, 1.82) is 0 Å². The Morgan fingerprint density at radius 3 is 2.59 bits per heavy atom. The van der Waals surface area contributed by atoms with Crippen LogP contribution in [0.4, 0.5) is 0 Å². The van der Waals surface area contributed by atoms with E-state index in [9.17, 15) is 9.59 Å². The van der Waals surface area contributed by atoms with Gasteiger partial charge in [-0.3, -0.25) is 9.59 Å². The first-order valence-corrected chi connectivity index (χ1v) is 5.92. The molecule has 1 rings (SSSR count). The number of ether oxygens (including phenoxy) is 1. The van der Waals surface area contributed by atoms with Gasteiger partial charge in [0.05, 0.1) is 0 Å². The molecule has 0 aromatic carbocycles. The zero-order valence-electron chi connectivity index (χ0n) is 11.0. The highest BCUT2D eigenvalue weighted by atomic mass is 16.6. The number of likely N-dealkylation sites (tertiary alicyclic amines) is 1. The maximum Gasteiger partial charge on any atom is 0.319 e. The molecule has 1 aliphatic rings. The van der Waals surface area contributed by atoms with Gasteiger partial charge in [-0.15, -0.1) is 0 Å². The summed E-state index contributed by atoms with van der Waals surface area (Å²) in [7, 11) is 0. The van der Waals surface area contributed by atoms with Crippen LogP contribution in [0.15, 0.2) is 12.8 Å². The molecule has 4 nitrogen and oxygen atoms in total. The summed E-state index contributed by atoms with van der Waals surface area (Å²) < 4.78 is 5.29. The smallest absolute Gasteiger partial charge is 0.319 e. The van der Waals surface area contributed by atoms with Crippen molar-refractivity contribution in [1.82, 2.24) is 4.90 Å². The molecule has 0 aromatic rings. The predicted octanol–water partition coefficient (Wildman–Crippen LogP) is 1.96. The zero-order valence-corrected chi connectivity index (χ0v) is 11.0. The van der Waals surface area contributed by atoms with Crippen LogP contribution in [0.2, 0.25) is 0 Å². The van der Waals surface area contributed by atoms with Crippen LogP contribution in [0.25, 0.3) is 0 Å². The average Bonchev–Trinajstić information content (AvgIpc) is 2.15. The predicted molar refractivity (Wildman–Crippen MR) is 65.0 cm³/mol. The Hall–Kier alpha value is -1.32. The molecule has 2 unspecified atom stereocenters. The zero-order chi connectivity index (χ0) is 13.2. The van der Waals surface area contributed by atoms with Gasteiger partial charge in [-0.25, -0.2) is 0 Å². The average molecular weight is 239 g/mol. The molecule has 1 aliphatic heterocycles. The summed E-state index contributed by atoms with van der Waals surface area (Å²) in [5.41, 5.74) is -0.562. The van der Waals surface area contributed by atoms with Gasteiger partial charge in [-0.05, 0) is 39.3 Å². The van der Waals surface area contributed by atoms with Crippen molar-refractivity contribution in [2.45, 2.75) is 39.7 Å². The number of carbonyl (C=O) groups is 2. The number of esters is 1. The molecule has 0 radical (unpaired) electrons. The molecule has 1 heterocycles. The Bertz CT molecular complexity index is 330. The van der Waals surface area contributed by atoms with Crippen molar-refractivity contribution in [3.63, 3.8) is 0 Å². The van der Waals surface area contributed by atoms with Gasteiger partial charge in [0.2, 0.25) is 5.91 Å². The van der Waals surface area contributed by atoms with Crippen LogP contribution in [0.1, 0.15) is 34.1 Å². The molecule has 2 atom stereocenters. The molecular formula is C13H21NO3. The van der Waals surface area contributed by atoms with Crippen LogP contribution in [0.5, 0.6) is 0 Å². The Morgan fingerprint density at radius 2 is 2.12 bits per heavy atom. The standard InChI is InChI=1S/C13H21NO3/c1-6-14-8-7-9(2)10(11(14)15)12(16)17-13(3,4)5/h6,9-10H,1,7-8H2,2-5H3. The highest BCUT2D eigenvalue weighted by Crippen LogP contribution is 2.27. The van der Waals surface area contributed by atoms with E-state index < -0.39 is 17.5 Å². The fourth-order valence-corrected chi connectivity index (χ4v) is 1.92. The third-order valence-corrected chi connectivity index (χ3v) is 2.82. The molecule has 1 fully saturated rings. The normalized spacial score (nSPS) is 25.6. The van der Waals surface area contributed by atoms with E-state index in [0.29, 0.717) is 6.54 Å². The van der Waals surface area contributed by atoms with Crippen LogP contribution in [0.3, 0.4) is 0 Å². The minimum absolute atomic E-state index is 0.0218. The summed E-state index contributed by atoms with van der Waals surface area (Å²) >= 11 is 0. The molecule has 0 bridgehead atoms. The van der Waals surface area contributed by atoms with Gasteiger partial charge in [0.1, 0.15) is 11.5 Å². The van der Waals surface area contributed by atoms with Gasteiger partial charge in [0.25, 0.3) is 0 Å². The van der Waals surface area contributed by atoms with Gasteiger partial charge < -0.3 is 9.64 Å². The summed E-state index contributed by atoms with van der Waals surface area (Å²) in [5, 5.41) is 0. The molecule has 96 valence electrons. The number of carbonyl (C=O) groups excluding carboxylic acids is 2. The Kier molecular flexibility index (Phi) is 3.96. The van der Waals surface area contributed by atoms with E-state index in [1.54, 1.807) is 20.8 Å². The first kappa shape index (κ1) is 13.7. The first-order valence-electron chi connectivity index (χ1n) is 5.92. The molecule has 0 N–H and O–H groups in total. The molecule has 1 saturated heterocycles. The van der Waals surface area contributed by atoms with Gasteiger partial charge in [-0.1, -0.05) is 13.5 Å². The maximum absolute atomic E-state index is 12.0. The number of hydrogen-bond donors (Lipinski definition) is 0. The molecule has 0 spiro atoms. The van der Waals surface area contributed by atoms with Crippen LogP contribution in [-0.4, -0.2) is 28.9 Å². The van der Waals surface area contributed by atoms with Crippen LogP contribution < -0.4 is 0 Å². The van der Waals surface area contributed by atoms with Crippen LogP contribution >= 0.6 is 0 Å². The lowest BCUT2D eigenvalue weighted by molar-refractivity contribution is -0.168. The molecule has 0 aromatic heterocycles. The van der Waals surface area contributed by atoms with Crippen LogP contribution in [-0.2, 0) is 14.3 Å². The minimum atomic E-state index is -0.694. The lowest BCUT2D eigenvalue weighted by atomic mass is 9.86. The molecule has 1 amide bonds. The third-order valence-electron chi connectivity index (χ3n) is 2.82. The first-order chi connectivity index (χ1) is 7.76. The number of hydrogen-bond acceptors (Lipinski definition) is 3. The van der Waals surface area contributed by atoms with Crippen molar-refractivity contribution in [2.24, 2.45) is 11.8 Å². The van der Waals surface area contributed by atoms with Gasteiger partial charge in [0.15, 0.2) is 0 Å². The lowest BCUT2D eigenvalue weighted by Gasteiger charge is -2.34. The molecule has 0 aliphatic carbocycles. The second-order valence-corrected chi connectivity index (χ2v) is 5.49. The summed E-state index contributed by atoms with van der Waals surface area (Å²) in [6.07, 6.45) is 2.27. The van der Waals surface area contributed by atoms with Gasteiger partial charge in [-0.2, -0.15) is 0 Å². The van der Waals surface area contributed by atoms with Crippen molar-refractivity contribution >= 4 is 11.9 Å². The van der Waals surface area contributed by atoms with Crippen molar-refractivity contribution in [3.8, 4) is 0 Å². The van der Waals surface area contributed by atoms with Gasteiger partial charge >= 0.3 is 5.97 Å². The number of nitrogens with zero attached hydrogens (tertiary/aromatic N) is 1. The summed E-state index contributed by atoms with van der Waals surface area (Å²) in [6.45, 7) is 11.5. The minimum Gasteiger partial charge on any atom is -0.459 e. The number of piperidine rings is 1. The Labute approximate surface area is 103 Å². The van der Waals surface area contributed by atoms with E-state index in [0.717, 1.165) is 6.42 Å². The number of rotatable bonds is 2. The quantitative estimate of drug-likeness (QED) is 0.546. The largest absolute Gasteiger partial charge is 0.459 e. The van der Waals surface area contributed by atoms with Crippen molar-refractivity contribution in [3.05, 3.63) is 12.8 Å². The molecular weight excluding hydrogens is 218 g/mol. The van der Waals surface area contributed by atoms with E-state index in [4.69, 9.17) is 4.74 Å². The van der Waals surface area contributed by atoms with E-state index >= 15 is 0 Å². The lowest BCUT2D eigenvalue weighted by Crippen LogP contribution is -2.47. The molecule has 4 heteroatoms. The van der Waals surface area contributed by atoms with Crippen LogP contribution in [0, 0.1) is 11.8 Å². The highest BCUT2D eigenvalue weighted by Gasteiger charge is 2.40. The monoisotopic (exact) mass is 239 g/mol. The van der Waals surface area contributed by atoms with Gasteiger partial charge in [0, 0.05) is 6.54 Å². The Morgan fingerprint density at radius 1 is 1.53 bits per heavy atom. The Balaban J connectivity index is 2.82. The second-order valence-electron chi connectivity index (χ2n) is 5.49. The molecule has 0 saturated carbocycles. The summed E-state index contributed by atoms with van der Waals surface area (Å²) in [5.74, 6) is -1.30. The topological polar surface area (TPSA) is 46.6 Å². The number of amides is 1. The fraction of sp³-hybridized carbons (Fsp3) is 0.692.